The summed E-state index contributed by atoms with van der Waals surface area (Å²) in [5.41, 5.74) is 2.88. The summed E-state index contributed by atoms with van der Waals surface area (Å²) in [6.45, 7) is 4.43. The fourth-order valence-corrected chi connectivity index (χ4v) is 3.71. The molecule has 1 aliphatic heterocycles. The predicted molar refractivity (Wildman–Crippen MR) is 124 cm³/mol. The third-order valence-electron chi connectivity index (χ3n) is 5.79. The quantitative estimate of drug-likeness (QED) is 0.628. The summed E-state index contributed by atoms with van der Waals surface area (Å²) in [6.07, 6.45) is 6.95. The number of carbonyl (C=O) groups is 2. The molecule has 1 N–H and O–H groups in total. The molecular formula is C25H23N5O3. The molecule has 166 valence electrons. The minimum absolute atomic E-state index is 0.0118. The number of hydrogen-bond donors (Lipinski definition) is 1. The monoisotopic (exact) mass is 441 g/mol. The minimum Gasteiger partial charge on any atom is -0.367 e. The zero-order chi connectivity index (χ0) is 22.9. The number of carbonyl (C=O) groups excluding carboxylic acids is 2. The molecule has 0 unspecified atom stereocenters. The summed E-state index contributed by atoms with van der Waals surface area (Å²) in [5.74, 6) is 6.77. The highest BCUT2D eigenvalue weighted by atomic mass is 16.5. The van der Waals surface area contributed by atoms with E-state index in [1.54, 1.807) is 29.6 Å². The molecule has 1 aliphatic carbocycles. The number of morpholine rings is 1. The lowest BCUT2D eigenvalue weighted by Gasteiger charge is -2.30. The number of ether oxygens (including phenoxy) is 1. The lowest BCUT2D eigenvalue weighted by molar-refractivity contribution is -0.128. The van der Waals surface area contributed by atoms with Crippen molar-refractivity contribution < 1.29 is 14.3 Å². The smallest absolute Gasteiger partial charge is 0.253 e. The third-order valence-corrected chi connectivity index (χ3v) is 5.79. The Bertz CT molecular complexity index is 1310. The number of rotatable bonds is 3. The van der Waals surface area contributed by atoms with Gasteiger partial charge in [0.05, 0.1) is 30.1 Å². The standard InChI is InChI=1S/C25H23N5O3/c1-15-13-30(24(31)14-33-15)20-8-7-19(27-11-20)6-5-18-10-26-16(2)22-12-28-23(9-21(18)22)29-25(32)17-3-4-17/h7-12,15,17H,3-4,13-14H2,1-2H3,(H,28,29,32)/t15-/m0/s1. The number of pyridine rings is 3. The highest BCUT2D eigenvalue weighted by Crippen LogP contribution is 2.30. The summed E-state index contributed by atoms with van der Waals surface area (Å²) in [6, 6.07) is 5.48. The second-order valence-electron chi connectivity index (χ2n) is 8.41. The van der Waals surface area contributed by atoms with Crippen LogP contribution in [0, 0.1) is 24.7 Å². The van der Waals surface area contributed by atoms with E-state index in [4.69, 9.17) is 4.74 Å². The first-order valence-corrected chi connectivity index (χ1v) is 10.9. The topological polar surface area (TPSA) is 97.3 Å². The summed E-state index contributed by atoms with van der Waals surface area (Å²) in [7, 11) is 0. The van der Waals surface area contributed by atoms with Crippen molar-refractivity contribution in [2.45, 2.75) is 32.8 Å². The predicted octanol–water partition coefficient (Wildman–Crippen LogP) is 2.83. The fraction of sp³-hybridized carbons (Fsp3) is 0.320. The maximum absolute atomic E-state index is 12.1. The Kier molecular flexibility index (Phi) is 5.48. The SMILES string of the molecule is Cc1ncc(C#Cc2ccc(N3C[C@H](C)OCC3=O)cn2)c2cc(NC(=O)C3CC3)ncc12. The molecule has 1 atom stereocenters. The van der Waals surface area contributed by atoms with E-state index in [-0.39, 0.29) is 30.4 Å². The van der Waals surface area contributed by atoms with Gasteiger partial charge in [0.25, 0.3) is 5.91 Å². The normalized spacial score (nSPS) is 18.1. The highest BCUT2D eigenvalue weighted by Gasteiger charge is 2.30. The average molecular weight is 441 g/mol. The molecule has 2 fully saturated rings. The van der Waals surface area contributed by atoms with E-state index >= 15 is 0 Å². The molecule has 1 saturated carbocycles. The minimum atomic E-state index is -0.0795. The summed E-state index contributed by atoms with van der Waals surface area (Å²) in [4.78, 5) is 39.1. The van der Waals surface area contributed by atoms with E-state index in [0.717, 1.165) is 40.6 Å². The van der Waals surface area contributed by atoms with Crippen molar-refractivity contribution in [3.05, 3.63) is 53.7 Å². The van der Waals surface area contributed by atoms with Crippen LogP contribution < -0.4 is 10.2 Å². The number of aryl methyl sites for hydroxylation is 1. The highest BCUT2D eigenvalue weighted by molar-refractivity contribution is 5.97. The zero-order valence-electron chi connectivity index (χ0n) is 18.5. The van der Waals surface area contributed by atoms with Gasteiger partial charge >= 0.3 is 0 Å². The lowest BCUT2D eigenvalue weighted by Crippen LogP contribution is -2.45. The van der Waals surface area contributed by atoms with Gasteiger partial charge in [0.15, 0.2) is 0 Å². The van der Waals surface area contributed by atoms with Crippen molar-refractivity contribution in [3.63, 3.8) is 0 Å². The van der Waals surface area contributed by atoms with Gasteiger partial charge in [-0.1, -0.05) is 5.92 Å². The van der Waals surface area contributed by atoms with Crippen LogP contribution in [0.4, 0.5) is 11.5 Å². The largest absolute Gasteiger partial charge is 0.367 e. The van der Waals surface area contributed by atoms with E-state index in [0.29, 0.717) is 18.1 Å². The van der Waals surface area contributed by atoms with Gasteiger partial charge in [-0.25, -0.2) is 9.97 Å². The van der Waals surface area contributed by atoms with Crippen LogP contribution in [0.25, 0.3) is 10.8 Å². The van der Waals surface area contributed by atoms with E-state index in [2.05, 4.69) is 32.1 Å². The van der Waals surface area contributed by atoms with E-state index < -0.39 is 0 Å². The van der Waals surface area contributed by atoms with Gasteiger partial charge < -0.3 is 15.0 Å². The molecule has 8 nitrogen and oxygen atoms in total. The first-order valence-electron chi connectivity index (χ1n) is 10.9. The van der Waals surface area contributed by atoms with Gasteiger partial charge in [0.1, 0.15) is 18.1 Å². The third kappa shape index (κ3) is 4.54. The maximum Gasteiger partial charge on any atom is 0.253 e. The number of nitrogens with zero attached hydrogens (tertiary/aromatic N) is 4. The second kappa shape index (κ2) is 8.60. The number of fused-ring (bicyclic) bond motifs is 1. The molecule has 3 aromatic heterocycles. The summed E-state index contributed by atoms with van der Waals surface area (Å²) >= 11 is 0. The molecule has 0 aromatic carbocycles. The van der Waals surface area contributed by atoms with Crippen molar-refractivity contribution in [2.24, 2.45) is 5.92 Å². The first-order chi connectivity index (χ1) is 16.0. The Morgan fingerprint density at radius 3 is 2.73 bits per heavy atom. The van der Waals surface area contributed by atoms with Crippen LogP contribution >= 0.6 is 0 Å². The fourth-order valence-electron chi connectivity index (χ4n) is 3.71. The molecule has 0 spiro atoms. The Balaban J connectivity index is 1.41. The first kappa shape index (κ1) is 21.0. The van der Waals surface area contributed by atoms with Gasteiger partial charge in [-0.3, -0.25) is 14.6 Å². The summed E-state index contributed by atoms with van der Waals surface area (Å²) in [5, 5.41) is 4.65. The van der Waals surface area contributed by atoms with Crippen LogP contribution in [0.15, 0.2) is 36.8 Å². The van der Waals surface area contributed by atoms with Crippen LogP contribution in [0.3, 0.4) is 0 Å². The van der Waals surface area contributed by atoms with Crippen molar-refractivity contribution in [1.82, 2.24) is 15.0 Å². The van der Waals surface area contributed by atoms with Crippen LogP contribution in [0.1, 0.15) is 36.7 Å². The lowest BCUT2D eigenvalue weighted by atomic mass is 10.1. The molecule has 5 rings (SSSR count). The Hall–Kier alpha value is -3.83. The van der Waals surface area contributed by atoms with E-state index in [1.807, 2.05) is 26.0 Å². The molecule has 2 amide bonds. The zero-order valence-corrected chi connectivity index (χ0v) is 18.5. The molecule has 0 radical (unpaired) electrons. The van der Waals surface area contributed by atoms with Gasteiger partial charge in [-0.05, 0) is 50.8 Å². The van der Waals surface area contributed by atoms with Crippen LogP contribution in [-0.4, -0.2) is 46.0 Å². The Labute approximate surface area is 191 Å². The number of anilines is 2. The number of nitrogens with one attached hydrogen (secondary N) is 1. The second-order valence-corrected chi connectivity index (χ2v) is 8.41. The number of hydrogen-bond acceptors (Lipinski definition) is 6. The van der Waals surface area contributed by atoms with E-state index in [9.17, 15) is 9.59 Å². The van der Waals surface area contributed by atoms with E-state index in [1.165, 1.54) is 0 Å². The van der Waals surface area contributed by atoms with Crippen LogP contribution in [0.5, 0.6) is 0 Å². The summed E-state index contributed by atoms with van der Waals surface area (Å²) < 4.78 is 5.37. The van der Waals surface area contributed by atoms with Gasteiger partial charge in [0.2, 0.25) is 5.91 Å². The molecule has 4 heterocycles. The van der Waals surface area contributed by atoms with Gasteiger partial charge in [0, 0.05) is 34.8 Å². The molecule has 8 heteroatoms. The molecule has 2 aliphatic rings. The molecule has 1 saturated heterocycles. The Morgan fingerprint density at radius 2 is 1.97 bits per heavy atom. The van der Waals surface area contributed by atoms with Gasteiger partial charge in [-0.15, -0.1) is 0 Å². The maximum atomic E-state index is 12.1. The van der Waals surface area contributed by atoms with Crippen molar-refractivity contribution >= 4 is 34.1 Å². The molecule has 3 aromatic rings. The Morgan fingerprint density at radius 1 is 1.12 bits per heavy atom. The molecule has 33 heavy (non-hydrogen) atoms. The molecule has 0 bridgehead atoms. The van der Waals surface area contributed by atoms with Crippen molar-refractivity contribution in [3.8, 4) is 11.8 Å². The molecular weight excluding hydrogens is 418 g/mol. The van der Waals surface area contributed by atoms with Gasteiger partial charge in [-0.2, -0.15) is 0 Å². The van der Waals surface area contributed by atoms with Crippen molar-refractivity contribution in [2.75, 3.05) is 23.4 Å². The average Bonchev–Trinajstić information content (AvgIpc) is 3.66. The van der Waals surface area contributed by atoms with Crippen LogP contribution in [0.2, 0.25) is 0 Å². The number of aromatic nitrogens is 3. The van der Waals surface area contributed by atoms with Crippen LogP contribution in [-0.2, 0) is 14.3 Å². The van der Waals surface area contributed by atoms with Crippen molar-refractivity contribution in [1.29, 1.82) is 0 Å². The number of amides is 2.